The monoisotopic (exact) mass is 264 g/mol. The maximum Gasteiger partial charge on any atom is 0.168 e. The minimum absolute atomic E-state index is 0.275. The van der Waals surface area contributed by atoms with Crippen molar-refractivity contribution in [1.29, 1.82) is 0 Å². The molecule has 0 amide bonds. The molecule has 2 aromatic rings. The third-order valence-corrected chi connectivity index (χ3v) is 2.43. The summed E-state index contributed by atoms with van der Waals surface area (Å²) in [5, 5.41) is 11.9. The number of anilines is 1. The average molecular weight is 265 g/mol. The van der Waals surface area contributed by atoms with E-state index in [0.29, 0.717) is 16.7 Å². The van der Waals surface area contributed by atoms with Crippen molar-refractivity contribution in [3.8, 4) is 0 Å². The van der Waals surface area contributed by atoms with Crippen molar-refractivity contribution in [2.24, 2.45) is 5.10 Å². The summed E-state index contributed by atoms with van der Waals surface area (Å²) in [6, 6.07) is 9.36. The van der Waals surface area contributed by atoms with Gasteiger partial charge in [0.25, 0.3) is 0 Å². The van der Waals surface area contributed by atoms with Gasteiger partial charge < -0.3 is 0 Å². The van der Waals surface area contributed by atoms with Gasteiger partial charge in [0, 0.05) is 0 Å². The number of aromatic nitrogens is 2. The largest absolute Gasteiger partial charge is 0.260 e. The van der Waals surface area contributed by atoms with Gasteiger partial charge >= 0.3 is 0 Å². The molecular weight excluding hydrogens is 255 g/mol. The summed E-state index contributed by atoms with van der Waals surface area (Å²) in [4.78, 5) is 0. The summed E-state index contributed by atoms with van der Waals surface area (Å²) in [6.07, 6.45) is 0. The van der Waals surface area contributed by atoms with Crippen molar-refractivity contribution in [3.63, 3.8) is 0 Å². The van der Waals surface area contributed by atoms with Crippen LogP contribution in [0.25, 0.3) is 0 Å². The average Bonchev–Trinajstić information content (AvgIpc) is 2.38. The van der Waals surface area contributed by atoms with Crippen LogP contribution in [0.3, 0.4) is 0 Å². The fourth-order valence-corrected chi connectivity index (χ4v) is 1.37. The van der Waals surface area contributed by atoms with Crippen molar-refractivity contribution >= 4 is 23.1 Å². The SMILES string of the molecule is C/C(=N\Nc1ccc(Cl)nn1)c1ccc(F)cc1. The van der Waals surface area contributed by atoms with Gasteiger partial charge in [0.1, 0.15) is 5.82 Å². The zero-order chi connectivity index (χ0) is 13.0. The highest BCUT2D eigenvalue weighted by atomic mass is 35.5. The van der Waals surface area contributed by atoms with Crippen molar-refractivity contribution in [2.75, 3.05) is 5.43 Å². The Morgan fingerprint density at radius 2 is 1.89 bits per heavy atom. The van der Waals surface area contributed by atoms with E-state index >= 15 is 0 Å². The van der Waals surface area contributed by atoms with Gasteiger partial charge in [-0.2, -0.15) is 5.10 Å². The van der Waals surface area contributed by atoms with Gasteiger partial charge in [-0.25, -0.2) is 4.39 Å². The predicted octanol–water partition coefficient (Wildman–Crippen LogP) is 3.11. The summed E-state index contributed by atoms with van der Waals surface area (Å²) in [5.41, 5.74) is 4.29. The summed E-state index contributed by atoms with van der Waals surface area (Å²) >= 11 is 5.61. The van der Waals surface area contributed by atoms with Crippen LogP contribution < -0.4 is 5.43 Å². The first-order valence-electron chi connectivity index (χ1n) is 5.20. The molecule has 0 spiro atoms. The smallest absolute Gasteiger partial charge is 0.168 e. The molecule has 0 aliphatic carbocycles. The summed E-state index contributed by atoms with van der Waals surface area (Å²) in [5.74, 6) is 0.212. The number of hydrogen-bond donors (Lipinski definition) is 1. The fraction of sp³-hybridized carbons (Fsp3) is 0.0833. The first-order valence-corrected chi connectivity index (χ1v) is 5.58. The Kier molecular flexibility index (Phi) is 3.84. The third kappa shape index (κ3) is 3.24. The van der Waals surface area contributed by atoms with Crippen LogP contribution in [0.15, 0.2) is 41.5 Å². The fourth-order valence-electron chi connectivity index (χ4n) is 1.27. The third-order valence-electron chi connectivity index (χ3n) is 2.23. The second-order valence-corrected chi connectivity index (χ2v) is 3.94. The maximum absolute atomic E-state index is 12.8. The lowest BCUT2D eigenvalue weighted by molar-refractivity contribution is 0.628. The van der Waals surface area contributed by atoms with Gasteiger partial charge in [0.05, 0.1) is 5.71 Å². The molecule has 4 nitrogen and oxygen atoms in total. The predicted molar refractivity (Wildman–Crippen MR) is 69.3 cm³/mol. The molecule has 0 saturated heterocycles. The van der Waals surface area contributed by atoms with Crippen LogP contribution >= 0.6 is 11.6 Å². The Morgan fingerprint density at radius 3 is 2.50 bits per heavy atom. The van der Waals surface area contributed by atoms with Gasteiger partial charge in [-0.05, 0) is 36.8 Å². The first-order chi connectivity index (χ1) is 8.65. The quantitative estimate of drug-likeness (QED) is 0.685. The van der Waals surface area contributed by atoms with Crippen LogP contribution in [0.5, 0.6) is 0 Å². The van der Waals surface area contributed by atoms with Crippen LogP contribution in [-0.4, -0.2) is 15.9 Å². The van der Waals surface area contributed by atoms with Crippen molar-refractivity contribution in [2.45, 2.75) is 6.92 Å². The molecule has 92 valence electrons. The van der Waals surface area contributed by atoms with E-state index in [1.54, 1.807) is 24.3 Å². The molecule has 1 aromatic carbocycles. The Bertz CT molecular complexity index is 551. The molecule has 0 saturated carbocycles. The zero-order valence-corrected chi connectivity index (χ0v) is 10.3. The molecule has 18 heavy (non-hydrogen) atoms. The second-order valence-electron chi connectivity index (χ2n) is 3.56. The van der Waals surface area contributed by atoms with Crippen molar-refractivity contribution in [3.05, 3.63) is 52.9 Å². The van der Waals surface area contributed by atoms with Gasteiger partial charge in [0.2, 0.25) is 0 Å². The summed E-state index contributed by atoms with van der Waals surface area (Å²) in [6.45, 7) is 1.81. The lowest BCUT2D eigenvalue weighted by atomic mass is 10.1. The Hall–Kier alpha value is -2.01. The molecule has 6 heteroatoms. The van der Waals surface area contributed by atoms with E-state index in [1.165, 1.54) is 12.1 Å². The minimum atomic E-state index is -0.275. The first kappa shape index (κ1) is 12.4. The number of rotatable bonds is 3. The topological polar surface area (TPSA) is 50.2 Å². The van der Waals surface area contributed by atoms with Crippen LogP contribution in [0.2, 0.25) is 5.15 Å². The van der Waals surface area contributed by atoms with Crippen LogP contribution in [0.1, 0.15) is 12.5 Å². The molecule has 0 unspecified atom stereocenters. The molecule has 0 radical (unpaired) electrons. The van der Waals surface area contributed by atoms with Crippen molar-refractivity contribution < 1.29 is 4.39 Å². The Balaban J connectivity index is 2.09. The summed E-state index contributed by atoms with van der Waals surface area (Å²) in [7, 11) is 0. The van der Waals surface area contributed by atoms with Crippen LogP contribution in [-0.2, 0) is 0 Å². The van der Waals surface area contributed by atoms with Gasteiger partial charge in [-0.15, -0.1) is 10.2 Å². The van der Waals surface area contributed by atoms with E-state index < -0.39 is 0 Å². The molecule has 0 fully saturated rings. The van der Waals surface area contributed by atoms with Gasteiger partial charge in [0.15, 0.2) is 11.0 Å². The second kappa shape index (κ2) is 5.55. The van der Waals surface area contributed by atoms with Crippen molar-refractivity contribution in [1.82, 2.24) is 10.2 Å². The van der Waals surface area contributed by atoms with E-state index in [4.69, 9.17) is 11.6 Å². The number of nitrogens with zero attached hydrogens (tertiary/aromatic N) is 3. The molecule has 0 aliphatic heterocycles. The molecule has 0 aliphatic rings. The number of hydrazone groups is 1. The maximum atomic E-state index is 12.8. The molecule has 1 N–H and O–H groups in total. The number of halogens is 2. The van der Waals surface area contributed by atoms with Gasteiger partial charge in [-0.1, -0.05) is 23.7 Å². The van der Waals surface area contributed by atoms with Crippen LogP contribution in [0.4, 0.5) is 10.2 Å². The Labute approximate surface area is 109 Å². The minimum Gasteiger partial charge on any atom is -0.260 e. The summed E-state index contributed by atoms with van der Waals surface area (Å²) < 4.78 is 12.8. The molecule has 0 atom stereocenters. The molecule has 1 heterocycles. The number of nitrogens with one attached hydrogen (secondary N) is 1. The number of hydrogen-bond acceptors (Lipinski definition) is 4. The van der Waals surface area contributed by atoms with E-state index in [2.05, 4.69) is 20.7 Å². The van der Waals surface area contributed by atoms with E-state index in [-0.39, 0.29) is 5.82 Å². The van der Waals surface area contributed by atoms with Crippen LogP contribution in [0, 0.1) is 5.82 Å². The molecule has 0 bridgehead atoms. The molecular formula is C12H10ClFN4. The van der Waals surface area contributed by atoms with E-state index in [0.717, 1.165) is 5.56 Å². The highest BCUT2D eigenvalue weighted by Crippen LogP contribution is 2.08. The normalized spacial score (nSPS) is 11.4. The lowest BCUT2D eigenvalue weighted by Gasteiger charge is -2.02. The van der Waals surface area contributed by atoms with Gasteiger partial charge in [-0.3, -0.25) is 5.43 Å². The lowest BCUT2D eigenvalue weighted by Crippen LogP contribution is -2.01. The highest BCUT2D eigenvalue weighted by molar-refractivity contribution is 6.29. The standard InChI is InChI=1S/C12H10ClFN4/c1-8(9-2-4-10(14)5-3-9)15-17-12-7-6-11(13)16-18-12/h2-7H,1H3,(H,17,18)/b15-8+. The molecule has 1 aromatic heterocycles. The zero-order valence-electron chi connectivity index (χ0n) is 9.56. The molecule has 2 rings (SSSR count). The number of benzene rings is 1. The van der Waals surface area contributed by atoms with E-state index in [9.17, 15) is 4.39 Å². The Morgan fingerprint density at radius 1 is 1.17 bits per heavy atom. The highest BCUT2D eigenvalue weighted by Gasteiger charge is 1.98. The van der Waals surface area contributed by atoms with E-state index in [1.807, 2.05) is 6.92 Å².